The SMILES string of the molecule is COc1cc(N(C)CCOc2ccc(Cc3sc(=O)[nH]c3O)cc2)nc(N)n1. The standard InChI is InChI=1S/C18H21N5O4S/c1-23(14-10-15(26-2)21-17(19)20-14)7-8-27-12-5-3-11(4-6-12)9-13-16(24)22-18(25)28-13/h3-6,10,24H,7-9H2,1-2H3,(H,22,25)(H2,19,20,21). The van der Waals surface area contributed by atoms with Gasteiger partial charge in [-0.25, -0.2) is 0 Å². The molecule has 10 heteroatoms. The molecule has 0 spiro atoms. The van der Waals surface area contributed by atoms with Crippen molar-refractivity contribution >= 4 is 23.1 Å². The number of benzene rings is 1. The topological polar surface area (TPSA) is 127 Å². The van der Waals surface area contributed by atoms with Crippen molar-refractivity contribution in [3.63, 3.8) is 0 Å². The summed E-state index contributed by atoms with van der Waals surface area (Å²) in [5.74, 6) is 1.86. The molecular formula is C18H21N5O4S. The summed E-state index contributed by atoms with van der Waals surface area (Å²) in [7, 11) is 3.40. The summed E-state index contributed by atoms with van der Waals surface area (Å²) < 4.78 is 10.9. The van der Waals surface area contributed by atoms with Crippen LogP contribution in [-0.2, 0) is 6.42 Å². The maximum absolute atomic E-state index is 11.2. The molecule has 148 valence electrons. The van der Waals surface area contributed by atoms with E-state index < -0.39 is 0 Å². The highest BCUT2D eigenvalue weighted by Crippen LogP contribution is 2.22. The number of nitrogens with two attached hydrogens (primary N) is 1. The van der Waals surface area contributed by atoms with Crippen molar-refractivity contribution in [3.8, 4) is 17.5 Å². The van der Waals surface area contributed by atoms with Crippen molar-refractivity contribution in [2.75, 3.05) is 37.9 Å². The second-order valence-corrected chi connectivity index (χ2v) is 7.07. The molecule has 0 saturated carbocycles. The summed E-state index contributed by atoms with van der Waals surface area (Å²) >= 11 is 1.01. The third-order valence-electron chi connectivity index (χ3n) is 3.99. The minimum Gasteiger partial charge on any atom is -0.494 e. The van der Waals surface area contributed by atoms with Crippen LogP contribution < -0.4 is 25.0 Å². The molecule has 28 heavy (non-hydrogen) atoms. The molecule has 0 unspecified atom stereocenters. The largest absolute Gasteiger partial charge is 0.494 e. The first-order valence-corrected chi connectivity index (χ1v) is 9.28. The third-order valence-corrected chi connectivity index (χ3v) is 4.86. The lowest BCUT2D eigenvalue weighted by atomic mass is 10.1. The number of methoxy groups -OCH3 is 1. The van der Waals surface area contributed by atoms with E-state index in [4.69, 9.17) is 15.2 Å². The number of hydrogen-bond donors (Lipinski definition) is 3. The summed E-state index contributed by atoms with van der Waals surface area (Å²) in [4.78, 5) is 24.0. The average molecular weight is 403 g/mol. The number of aromatic hydroxyl groups is 1. The molecule has 0 aliphatic rings. The minimum atomic E-state index is -0.264. The first-order valence-electron chi connectivity index (χ1n) is 8.47. The van der Waals surface area contributed by atoms with E-state index in [-0.39, 0.29) is 16.7 Å². The van der Waals surface area contributed by atoms with Gasteiger partial charge in [0, 0.05) is 19.5 Å². The molecule has 0 radical (unpaired) electrons. The van der Waals surface area contributed by atoms with E-state index in [1.54, 1.807) is 6.07 Å². The van der Waals surface area contributed by atoms with Crippen LogP contribution in [-0.4, -0.2) is 47.4 Å². The zero-order valence-electron chi connectivity index (χ0n) is 15.5. The van der Waals surface area contributed by atoms with E-state index in [9.17, 15) is 9.90 Å². The van der Waals surface area contributed by atoms with Gasteiger partial charge in [-0.05, 0) is 17.7 Å². The molecule has 2 heterocycles. The Balaban J connectivity index is 1.53. The fourth-order valence-corrected chi connectivity index (χ4v) is 3.26. The monoisotopic (exact) mass is 403 g/mol. The van der Waals surface area contributed by atoms with Crippen LogP contribution in [0.2, 0.25) is 0 Å². The fourth-order valence-electron chi connectivity index (χ4n) is 2.51. The quantitative estimate of drug-likeness (QED) is 0.518. The van der Waals surface area contributed by atoms with Crippen molar-refractivity contribution in [3.05, 3.63) is 50.4 Å². The van der Waals surface area contributed by atoms with Crippen LogP contribution in [0.15, 0.2) is 35.1 Å². The summed E-state index contributed by atoms with van der Waals surface area (Å²) in [6.45, 7) is 1.04. The van der Waals surface area contributed by atoms with Crippen LogP contribution in [0.1, 0.15) is 10.4 Å². The Labute approximate surface area is 165 Å². The minimum absolute atomic E-state index is 0.0691. The van der Waals surface area contributed by atoms with Crippen LogP contribution in [0, 0.1) is 0 Å². The predicted octanol–water partition coefficient (Wildman–Crippen LogP) is 1.63. The number of nitrogen functional groups attached to an aromatic ring is 1. The predicted molar refractivity (Wildman–Crippen MR) is 108 cm³/mol. The van der Waals surface area contributed by atoms with Crippen molar-refractivity contribution in [2.45, 2.75) is 6.42 Å². The number of rotatable bonds is 8. The van der Waals surface area contributed by atoms with Crippen molar-refractivity contribution < 1.29 is 14.6 Å². The van der Waals surface area contributed by atoms with Crippen LogP contribution >= 0.6 is 11.3 Å². The molecular weight excluding hydrogens is 382 g/mol. The Morgan fingerprint density at radius 2 is 2.04 bits per heavy atom. The molecule has 2 aromatic heterocycles. The molecule has 1 aromatic carbocycles. The van der Waals surface area contributed by atoms with Gasteiger partial charge in [-0.15, -0.1) is 0 Å². The molecule has 3 aromatic rings. The number of aromatic amines is 1. The van der Waals surface area contributed by atoms with Crippen LogP contribution in [0.4, 0.5) is 11.8 Å². The molecule has 0 aliphatic heterocycles. The lowest BCUT2D eigenvalue weighted by molar-refractivity contribution is 0.325. The fraction of sp³-hybridized carbons (Fsp3) is 0.278. The smallest absolute Gasteiger partial charge is 0.307 e. The molecule has 3 rings (SSSR count). The number of nitrogens with one attached hydrogen (secondary N) is 1. The average Bonchev–Trinajstić information content (AvgIpc) is 2.99. The number of hydrogen-bond acceptors (Lipinski definition) is 9. The van der Waals surface area contributed by atoms with Gasteiger partial charge in [0.15, 0.2) is 0 Å². The number of anilines is 2. The number of ether oxygens (including phenoxy) is 2. The van der Waals surface area contributed by atoms with Crippen LogP contribution in [0.3, 0.4) is 0 Å². The van der Waals surface area contributed by atoms with E-state index in [0.29, 0.717) is 36.1 Å². The zero-order valence-corrected chi connectivity index (χ0v) is 16.3. The maximum atomic E-state index is 11.2. The summed E-state index contributed by atoms with van der Waals surface area (Å²) in [5, 5.41) is 9.66. The van der Waals surface area contributed by atoms with Gasteiger partial charge in [-0.2, -0.15) is 9.97 Å². The van der Waals surface area contributed by atoms with Gasteiger partial charge in [0.2, 0.25) is 17.7 Å². The van der Waals surface area contributed by atoms with Crippen molar-refractivity contribution in [1.82, 2.24) is 15.0 Å². The lowest BCUT2D eigenvalue weighted by Gasteiger charge is -2.19. The Hall–Kier alpha value is -3.27. The maximum Gasteiger partial charge on any atom is 0.307 e. The number of thiazole rings is 1. The summed E-state index contributed by atoms with van der Waals surface area (Å²) in [5.41, 5.74) is 6.65. The normalized spacial score (nSPS) is 10.6. The Kier molecular flexibility index (Phi) is 5.99. The molecule has 0 saturated heterocycles. The highest BCUT2D eigenvalue weighted by molar-refractivity contribution is 7.09. The van der Waals surface area contributed by atoms with Gasteiger partial charge in [-0.3, -0.25) is 9.78 Å². The number of aromatic nitrogens is 3. The van der Waals surface area contributed by atoms with Gasteiger partial charge >= 0.3 is 4.87 Å². The molecule has 0 fully saturated rings. The van der Waals surface area contributed by atoms with Crippen LogP contribution in [0.5, 0.6) is 17.5 Å². The van der Waals surface area contributed by atoms with Gasteiger partial charge < -0.3 is 25.2 Å². The second kappa shape index (κ2) is 8.61. The molecule has 9 nitrogen and oxygen atoms in total. The third kappa shape index (κ3) is 4.92. The Morgan fingerprint density at radius 1 is 1.29 bits per heavy atom. The van der Waals surface area contributed by atoms with E-state index in [1.165, 1.54) is 7.11 Å². The van der Waals surface area contributed by atoms with E-state index in [2.05, 4.69) is 15.0 Å². The second-order valence-electron chi connectivity index (χ2n) is 6.00. The Bertz CT molecular complexity index is 986. The van der Waals surface area contributed by atoms with Gasteiger partial charge in [0.25, 0.3) is 0 Å². The lowest BCUT2D eigenvalue weighted by Crippen LogP contribution is -2.25. The zero-order chi connectivity index (χ0) is 20.1. The number of likely N-dealkylation sites (N-methyl/N-ethyl adjacent to an activating group) is 1. The first kappa shape index (κ1) is 19.5. The number of nitrogens with zero attached hydrogens (tertiary/aromatic N) is 3. The van der Waals surface area contributed by atoms with Crippen molar-refractivity contribution in [1.29, 1.82) is 0 Å². The van der Waals surface area contributed by atoms with Gasteiger partial charge in [-0.1, -0.05) is 23.5 Å². The van der Waals surface area contributed by atoms with Crippen LogP contribution in [0.25, 0.3) is 0 Å². The summed E-state index contributed by atoms with van der Waals surface area (Å²) in [6, 6.07) is 9.22. The van der Waals surface area contributed by atoms with Gasteiger partial charge in [0.1, 0.15) is 18.2 Å². The molecule has 0 atom stereocenters. The van der Waals surface area contributed by atoms with Crippen molar-refractivity contribution in [2.24, 2.45) is 0 Å². The van der Waals surface area contributed by atoms with Gasteiger partial charge in [0.05, 0.1) is 18.5 Å². The van der Waals surface area contributed by atoms with E-state index >= 15 is 0 Å². The highest BCUT2D eigenvalue weighted by Gasteiger charge is 2.09. The molecule has 0 bridgehead atoms. The molecule has 0 amide bonds. The Morgan fingerprint density at radius 3 is 2.68 bits per heavy atom. The number of H-pyrrole nitrogens is 1. The molecule has 4 N–H and O–H groups in total. The van der Waals surface area contributed by atoms with E-state index in [0.717, 1.165) is 22.6 Å². The first-order chi connectivity index (χ1) is 13.4. The molecule has 0 aliphatic carbocycles. The highest BCUT2D eigenvalue weighted by atomic mass is 32.1. The van der Waals surface area contributed by atoms with E-state index in [1.807, 2.05) is 36.2 Å². The summed E-state index contributed by atoms with van der Waals surface area (Å²) in [6.07, 6.45) is 0.481.